The van der Waals surface area contributed by atoms with E-state index in [9.17, 15) is 9.59 Å². The highest BCUT2D eigenvalue weighted by molar-refractivity contribution is 6.30. The predicted molar refractivity (Wildman–Crippen MR) is 119 cm³/mol. The summed E-state index contributed by atoms with van der Waals surface area (Å²) >= 11 is 5.91. The van der Waals surface area contributed by atoms with E-state index in [0.717, 1.165) is 47.8 Å². The van der Waals surface area contributed by atoms with Crippen LogP contribution >= 0.6 is 11.6 Å². The second kappa shape index (κ2) is 9.35. The predicted octanol–water partition coefficient (Wildman–Crippen LogP) is 3.96. The van der Waals surface area contributed by atoms with Crippen LogP contribution in [0, 0.1) is 5.92 Å². The van der Waals surface area contributed by atoms with Crippen LogP contribution in [0.2, 0.25) is 5.02 Å². The molecule has 4 rings (SSSR count). The number of carbonyl (C=O) groups is 2. The molecule has 0 saturated carbocycles. The molecule has 0 unspecified atom stereocenters. The number of nitrogens with zero attached hydrogens (tertiary/aromatic N) is 1. The average Bonchev–Trinajstić information content (AvgIpc) is 3.18. The molecule has 2 aromatic carbocycles. The van der Waals surface area contributed by atoms with Crippen molar-refractivity contribution in [2.45, 2.75) is 25.7 Å². The van der Waals surface area contributed by atoms with E-state index in [1.54, 1.807) is 0 Å². The van der Waals surface area contributed by atoms with Gasteiger partial charge in [-0.2, -0.15) is 0 Å². The highest BCUT2D eigenvalue weighted by atomic mass is 35.5. The lowest BCUT2D eigenvalue weighted by Gasteiger charge is -2.32. The van der Waals surface area contributed by atoms with Crippen molar-refractivity contribution < 1.29 is 9.59 Å². The molecule has 0 bridgehead atoms. The third-order valence-corrected chi connectivity index (χ3v) is 6.04. The monoisotopic (exact) mass is 423 g/mol. The minimum absolute atomic E-state index is 0.0357. The molecule has 1 aliphatic rings. The quantitative estimate of drug-likeness (QED) is 0.630. The number of hydrogen-bond donors (Lipinski definition) is 2. The molecule has 2 amide bonds. The summed E-state index contributed by atoms with van der Waals surface area (Å²) in [5, 5.41) is 4.82. The molecule has 1 fully saturated rings. The molecule has 3 aromatic rings. The van der Waals surface area contributed by atoms with Gasteiger partial charge in [0, 0.05) is 41.8 Å². The van der Waals surface area contributed by atoms with E-state index in [2.05, 4.69) is 10.3 Å². The highest BCUT2D eigenvalue weighted by Crippen LogP contribution is 2.21. The Morgan fingerprint density at radius 2 is 1.93 bits per heavy atom. The minimum Gasteiger partial charge on any atom is -0.361 e. The van der Waals surface area contributed by atoms with Crippen LogP contribution in [0.15, 0.2) is 54.7 Å². The van der Waals surface area contributed by atoms with Gasteiger partial charge in [0.15, 0.2) is 0 Å². The number of benzene rings is 2. The lowest BCUT2D eigenvalue weighted by atomic mass is 9.96. The molecule has 0 aliphatic carbocycles. The first-order valence-electron chi connectivity index (χ1n) is 10.4. The van der Waals surface area contributed by atoms with Gasteiger partial charge in [0.25, 0.3) is 0 Å². The first-order chi connectivity index (χ1) is 14.6. The van der Waals surface area contributed by atoms with Gasteiger partial charge in [-0.15, -0.1) is 0 Å². The molecule has 1 aliphatic heterocycles. The van der Waals surface area contributed by atoms with E-state index in [0.29, 0.717) is 24.5 Å². The maximum atomic E-state index is 12.9. The summed E-state index contributed by atoms with van der Waals surface area (Å²) in [6.45, 7) is 1.80. The molecule has 1 saturated heterocycles. The van der Waals surface area contributed by atoms with Crippen molar-refractivity contribution in [2.24, 2.45) is 5.92 Å². The Balaban J connectivity index is 1.29. The summed E-state index contributed by atoms with van der Waals surface area (Å²) in [4.78, 5) is 30.6. The van der Waals surface area contributed by atoms with E-state index in [1.165, 1.54) is 0 Å². The number of aromatic amines is 1. The van der Waals surface area contributed by atoms with Gasteiger partial charge < -0.3 is 15.2 Å². The summed E-state index contributed by atoms with van der Waals surface area (Å²) in [6, 6.07) is 15.7. The Morgan fingerprint density at radius 3 is 2.77 bits per heavy atom. The average molecular weight is 424 g/mol. The van der Waals surface area contributed by atoms with Crippen LogP contribution in [0.1, 0.15) is 24.0 Å². The van der Waals surface area contributed by atoms with Gasteiger partial charge >= 0.3 is 0 Å². The van der Waals surface area contributed by atoms with Crippen LogP contribution in [0.25, 0.3) is 10.9 Å². The van der Waals surface area contributed by atoms with Crippen LogP contribution < -0.4 is 5.32 Å². The number of fused-ring (bicyclic) bond motifs is 1. The zero-order valence-electron chi connectivity index (χ0n) is 16.9. The van der Waals surface area contributed by atoms with E-state index in [-0.39, 0.29) is 17.7 Å². The first kappa shape index (κ1) is 20.5. The third-order valence-electron chi connectivity index (χ3n) is 5.79. The zero-order valence-corrected chi connectivity index (χ0v) is 17.6. The van der Waals surface area contributed by atoms with E-state index in [4.69, 9.17) is 11.6 Å². The minimum atomic E-state index is -0.143. The van der Waals surface area contributed by atoms with Crippen LogP contribution in [0.4, 0.5) is 0 Å². The highest BCUT2D eigenvalue weighted by Gasteiger charge is 2.28. The van der Waals surface area contributed by atoms with Crippen LogP contribution in [0.5, 0.6) is 0 Å². The molecule has 156 valence electrons. The molecule has 30 heavy (non-hydrogen) atoms. The Morgan fingerprint density at radius 1 is 1.13 bits per heavy atom. The fourth-order valence-electron chi connectivity index (χ4n) is 4.10. The number of piperidine rings is 1. The van der Waals surface area contributed by atoms with Gasteiger partial charge in [-0.25, -0.2) is 0 Å². The number of likely N-dealkylation sites (tertiary alicyclic amines) is 1. The fourth-order valence-corrected chi connectivity index (χ4v) is 4.22. The Labute approximate surface area is 181 Å². The topological polar surface area (TPSA) is 65.2 Å². The van der Waals surface area contributed by atoms with Crippen molar-refractivity contribution in [2.75, 3.05) is 19.6 Å². The Bertz CT molecular complexity index is 1030. The number of halogens is 1. The largest absolute Gasteiger partial charge is 0.361 e. The van der Waals surface area contributed by atoms with E-state index in [1.807, 2.05) is 59.6 Å². The first-order valence-corrected chi connectivity index (χ1v) is 10.8. The van der Waals surface area contributed by atoms with Crippen LogP contribution in [-0.4, -0.2) is 41.3 Å². The maximum Gasteiger partial charge on any atom is 0.227 e. The molecule has 0 radical (unpaired) electrons. The SMILES string of the molecule is O=C(NCCc1ccc(Cl)cc1)[C@H]1CCCN(C(=O)Cc2c[nH]c3ccccc23)C1. The second-order valence-electron chi connectivity index (χ2n) is 7.88. The number of nitrogens with one attached hydrogen (secondary N) is 2. The molecular formula is C24H26ClN3O2. The standard InChI is InChI=1S/C24H26ClN3O2/c25-20-9-7-17(8-10-20)11-12-26-24(30)18-4-3-13-28(16-18)23(29)14-19-15-27-22-6-2-1-5-21(19)22/h1-2,5-10,15,18,27H,3-4,11-14,16H2,(H,26,30)/t18-/m0/s1. The van der Waals surface area contributed by atoms with E-state index < -0.39 is 0 Å². The molecule has 0 spiro atoms. The summed E-state index contributed by atoms with van der Waals surface area (Å²) < 4.78 is 0. The fraction of sp³-hybridized carbons (Fsp3) is 0.333. The summed E-state index contributed by atoms with van der Waals surface area (Å²) in [5.41, 5.74) is 3.18. The summed E-state index contributed by atoms with van der Waals surface area (Å²) in [7, 11) is 0. The molecule has 1 atom stereocenters. The van der Waals surface area contributed by atoms with Crippen molar-refractivity contribution in [3.8, 4) is 0 Å². The van der Waals surface area contributed by atoms with Crippen molar-refractivity contribution in [3.05, 3.63) is 70.9 Å². The van der Waals surface area contributed by atoms with Gasteiger partial charge in [0.1, 0.15) is 0 Å². The maximum absolute atomic E-state index is 12.9. The zero-order chi connectivity index (χ0) is 20.9. The van der Waals surface area contributed by atoms with Crippen molar-refractivity contribution >= 4 is 34.3 Å². The number of H-pyrrole nitrogens is 1. The smallest absolute Gasteiger partial charge is 0.227 e. The van der Waals surface area contributed by atoms with Crippen molar-refractivity contribution in [1.29, 1.82) is 0 Å². The third kappa shape index (κ3) is 4.85. The molecular weight excluding hydrogens is 398 g/mol. The number of para-hydroxylation sites is 1. The number of amides is 2. The van der Waals surface area contributed by atoms with E-state index >= 15 is 0 Å². The Hall–Kier alpha value is -2.79. The Kier molecular flexibility index (Phi) is 6.38. The van der Waals surface area contributed by atoms with Gasteiger partial charge in [0.05, 0.1) is 12.3 Å². The lowest BCUT2D eigenvalue weighted by Crippen LogP contribution is -2.46. The van der Waals surface area contributed by atoms with Crippen LogP contribution in [0.3, 0.4) is 0 Å². The number of hydrogen-bond acceptors (Lipinski definition) is 2. The van der Waals surface area contributed by atoms with Crippen LogP contribution in [-0.2, 0) is 22.4 Å². The van der Waals surface area contributed by atoms with Gasteiger partial charge in [-0.3, -0.25) is 9.59 Å². The van der Waals surface area contributed by atoms with Gasteiger partial charge in [0.2, 0.25) is 11.8 Å². The van der Waals surface area contributed by atoms with Crippen molar-refractivity contribution in [3.63, 3.8) is 0 Å². The molecule has 5 nitrogen and oxygen atoms in total. The number of aromatic nitrogens is 1. The molecule has 2 N–H and O–H groups in total. The lowest BCUT2D eigenvalue weighted by molar-refractivity contribution is -0.135. The molecule has 2 heterocycles. The summed E-state index contributed by atoms with van der Waals surface area (Å²) in [6.07, 6.45) is 4.71. The molecule has 1 aromatic heterocycles. The van der Waals surface area contributed by atoms with Gasteiger partial charge in [-0.05, 0) is 48.6 Å². The number of rotatable bonds is 6. The normalized spacial score (nSPS) is 16.6. The summed E-state index contributed by atoms with van der Waals surface area (Å²) in [5.74, 6) is -0.0251. The molecule has 6 heteroatoms. The van der Waals surface area contributed by atoms with Crippen molar-refractivity contribution in [1.82, 2.24) is 15.2 Å². The number of carbonyl (C=O) groups excluding carboxylic acids is 2. The second-order valence-corrected chi connectivity index (χ2v) is 8.32. The van der Waals surface area contributed by atoms with Gasteiger partial charge in [-0.1, -0.05) is 41.9 Å².